The summed E-state index contributed by atoms with van der Waals surface area (Å²) in [5.74, 6) is 3.86. The molecule has 14 heavy (non-hydrogen) atoms. The lowest BCUT2D eigenvalue weighted by molar-refractivity contribution is -0.146. The highest BCUT2D eigenvalue weighted by Gasteiger charge is 2.20. The van der Waals surface area contributed by atoms with Gasteiger partial charge in [0.15, 0.2) is 0 Å². The molecule has 0 unspecified atom stereocenters. The summed E-state index contributed by atoms with van der Waals surface area (Å²) in [7, 11) is 0. The molecule has 0 aliphatic carbocycles. The van der Waals surface area contributed by atoms with Gasteiger partial charge in [0.1, 0.15) is 6.04 Å². The highest BCUT2D eigenvalue weighted by Crippen LogP contribution is 2.01. The fraction of sp³-hybridized carbons (Fsp3) is 0.714. The van der Waals surface area contributed by atoms with Crippen molar-refractivity contribution in [1.82, 2.24) is 5.32 Å². The molecule has 0 aliphatic rings. The van der Waals surface area contributed by atoms with Crippen molar-refractivity contribution in [3.63, 3.8) is 0 Å². The van der Waals surface area contributed by atoms with Crippen LogP contribution in [-0.2, 0) is 9.63 Å². The van der Waals surface area contributed by atoms with E-state index in [1.165, 1.54) is 0 Å². The standard InChI is InChI=1S/C7H15N3O4/c8-4-2-1-3-5(6(11)14-9)10-7(12)13/h5,10H,1-4,8-9H2,(H,12,13)/t5-/m0/s1. The predicted molar refractivity (Wildman–Crippen MR) is 48.1 cm³/mol. The lowest BCUT2D eigenvalue weighted by Crippen LogP contribution is -2.42. The molecular weight excluding hydrogens is 190 g/mol. The van der Waals surface area contributed by atoms with Crippen molar-refractivity contribution in [2.24, 2.45) is 11.6 Å². The number of hydrogen-bond acceptors (Lipinski definition) is 5. The monoisotopic (exact) mass is 205 g/mol. The third-order valence-corrected chi connectivity index (χ3v) is 1.65. The molecule has 1 amide bonds. The molecule has 0 radical (unpaired) electrons. The minimum Gasteiger partial charge on any atom is -0.465 e. The van der Waals surface area contributed by atoms with E-state index in [0.717, 1.165) is 6.42 Å². The van der Waals surface area contributed by atoms with E-state index in [4.69, 9.17) is 10.8 Å². The van der Waals surface area contributed by atoms with Crippen LogP contribution in [0.1, 0.15) is 19.3 Å². The molecule has 0 heterocycles. The van der Waals surface area contributed by atoms with Crippen molar-refractivity contribution >= 4 is 12.1 Å². The van der Waals surface area contributed by atoms with Gasteiger partial charge in [-0.2, -0.15) is 5.90 Å². The van der Waals surface area contributed by atoms with Gasteiger partial charge in [0.05, 0.1) is 0 Å². The number of amides is 1. The van der Waals surface area contributed by atoms with E-state index in [-0.39, 0.29) is 0 Å². The van der Waals surface area contributed by atoms with Crippen molar-refractivity contribution in [3.8, 4) is 0 Å². The number of rotatable bonds is 6. The zero-order valence-corrected chi connectivity index (χ0v) is 7.73. The van der Waals surface area contributed by atoms with Crippen LogP contribution >= 0.6 is 0 Å². The summed E-state index contributed by atoms with van der Waals surface area (Å²) >= 11 is 0. The maximum atomic E-state index is 10.9. The largest absolute Gasteiger partial charge is 0.465 e. The maximum absolute atomic E-state index is 10.9. The first-order chi connectivity index (χ1) is 6.61. The van der Waals surface area contributed by atoms with Crippen LogP contribution in [0.4, 0.5) is 4.79 Å². The summed E-state index contributed by atoms with van der Waals surface area (Å²) in [5.41, 5.74) is 5.25. The second-order valence-electron chi connectivity index (χ2n) is 2.72. The summed E-state index contributed by atoms with van der Waals surface area (Å²) in [5, 5.41) is 10.4. The molecule has 0 aromatic carbocycles. The molecule has 82 valence electrons. The summed E-state index contributed by atoms with van der Waals surface area (Å²) < 4.78 is 0. The minimum absolute atomic E-state index is 0.333. The number of carboxylic acid groups (broad SMARTS) is 1. The van der Waals surface area contributed by atoms with E-state index in [0.29, 0.717) is 19.4 Å². The van der Waals surface area contributed by atoms with Gasteiger partial charge in [0.2, 0.25) is 0 Å². The Bertz CT molecular complexity index is 197. The van der Waals surface area contributed by atoms with Crippen LogP contribution < -0.4 is 16.9 Å². The van der Waals surface area contributed by atoms with Gasteiger partial charge in [-0.25, -0.2) is 9.59 Å². The number of unbranched alkanes of at least 4 members (excludes halogenated alkanes) is 1. The smallest absolute Gasteiger partial charge is 0.405 e. The number of carbonyl (C=O) groups is 2. The number of carbonyl (C=O) groups excluding carboxylic acids is 1. The second-order valence-corrected chi connectivity index (χ2v) is 2.72. The zero-order valence-electron chi connectivity index (χ0n) is 7.73. The molecule has 7 heteroatoms. The molecule has 1 atom stereocenters. The normalized spacial score (nSPS) is 11.9. The Morgan fingerprint density at radius 1 is 1.43 bits per heavy atom. The topological polar surface area (TPSA) is 128 Å². The van der Waals surface area contributed by atoms with Gasteiger partial charge in [-0.3, -0.25) is 0 Å². The van der Waals surface area contributed by atoms with E-state index >= 15 is 0 Å². The molecule has 0 saturated carbocycles. The lowest BCUT2D eigenvalue weighted by atomic mass is 10.1. The van der Waals surface area contributed by atoms with Crippen molar-refractivity contribution in [2.45, 2.75) is 25.3 Å². The Hall–Kier alpha value is -1.34. The Balaban J connectivity index is 3.97. The van der Waals surface area contributed by atoms with E-state index in [1.54, 1.807) is 0 Å². The summed E-state index contributed by atoms with van der Waals surface area (Å²) in [6, 6.07) is -0.913. The Morgan fingerprint density at radius 3 is 2.50 bits per heavy atom. The molecular formula is C7H15N3O4. The Kier molecular flexibility index (Phi) is 6.42. The predicted octanol–water partition coefficient (Wildman–Crippen LogP) is -0.831. The molecule has 0 spiro atoms. The molecule has 6 N–H and O–H groups in total. The number of nitrogens with two attached hydrogens (primary N) is 2. The van der Waals surface area contributed by atoms with Crippen molar-refractivity contribution < 1.29 is 19.5 Å². The molecule has 0 saturated heterocycles. The molecule has 0 rings (SSSR count). The molecule has 7 nitrogen and oxygen atoms in total. The summed E-state index contributed by atoms with van der Waals surface area (Å²) in [6.07, 6.45) is 0.402. The fourth-order valence-electron chi connectivity index (χ4n) is 0.973. The zero-order chi connectivity index (χ0) is 11.0. The van der Waals surface area contributed by atoms with E-state index < -0.39 is 18.1 Å². The van der Waals surface area contributed by atoms with Gasteiger partial charge in [0, 0.05) is 0 Å². The van der Waals surface area contributed by atoms with Crippen LogP contribution in [0, 0.1) is 0 Å². The average molecular weight is 205 g/mol. The van der Waals surface area contributed by atoms with Gasteiger partial charge in [-0.05, 0) is 25.8 Å². The van der Waals surface area contributed by atoms with Crippen molar-refractivity contribution in [3.05, 3.63) is 0 Å². The third kappa shape index (κ3) is 5.33. The van der Waals surface area contributed by atoms with Crippen LogP contribution in [0.15, 0.2) is 0 Å². The van der Waals surface area contributed by atoms with Gasteiger partial charge in [-0.15, -0.1) is 0 Å². The van der Waals surface area contributed by atoms with Gasteiger partial charge < -0.3 is 21.0 Å². The molecule has 0 aliphatic heterocycles. The highest BCUT2D eigenvalue weighted by molar-refractivity contribution is 5.80. The quantitative estimate of drug-likeness (QED) is 0.331. The highest BCUT2D eigenvalue weighted by atomic mass is 16.7. The van der Waals surface area contributed by atoms with E-state index in [2.05, 4.69) is 10.7 Å². The Morgan fingerprint density at radius 2 is 2.07 bits per heavy atom. The fourth-order valence-corrected chi connectivity index (χ4v) is 0.973. The van der Waals surface area contributed by atoms with Crippen LogP contribution in [0.3, 0.4) is 0 Å². The van der Waals surface area contributed by atoms with E-state index in [9.17, 15) is 9.59 Å². The molecule has 0 aromatic heterocycles. The van der Waals surface area contributed by atoms with Gasteiger partial charge >= 0.3 is 12.1 Å². The average Bonchev–Trinajstić information content (AvgIpc) is 2.15. The van der Waals surface area contributed by atoms with E-state index in [1.807, 2.05) is 5.32 Å². The molecule has 0 aromatic rings. The SMILES string of the molecule is NCCCC[C@H](NC(=O)O)C(=O)ON. The summed E-state index contributed by atoms with van der Waals surface area (Å²) in [6.45, 7) is 0.497. The van der Waals surface area contributed by atoms with Crippen LogP contribution in [0.2, 0.25) is 0 Å². The second kappa shape index (κ2) is 7.10. The third-order valence-electron chi connectivity index (χ3n) is 1.65. The van der Waals surface area contributed by atoms with Crippen LogP contribution in [0.25, 0.3) is 0 Å². The van der Waals surface area contributed by atoms with Gasteiger partial charge in [0.25, 0.3) is 0 Å². The van der Waals surface area contributed by atoms with Gasteiger partial charge in [-0.1, -0.05) is 0 Å². The maximum Gasteiger partial charge on any atom is 0.405 e. The minimum atomic E-state index is -1.28. The van der Waals surface area contributed by atoms with Crippen molar-refractivity contribution in [2.75, 3.05) is 6.54 Å². The number of nitrogens with one attached hydrogen (secondary N) is 1. The first-order valence-electron chi connectivity index (χ1n) is 4.22. The van der Waals surface area contributed by atoms with Crippen LogP contribution in [-0.4, -0.2) is 29.8 Å². The first kappa shape index (κ1) is 12.7. The molecule has 0 fully saturated rings. The molecule has 0 bridgehead atoms. The van der Waals surface area contributed by atoms with Crippen LogP contribution in [0.5, 0.6) is 0 Å². The Labute approximate surface area is 81.3 Å². The lowest BCUT2D eigenvalue weighted by Gasteiger charge is -2.12. The number of hydrogen-bond donors (Lipinski definition) is 4. The summed E-state index contributed by atoms with van der Waals surface area (Å²) in [4.78, 5) is 25.2. The first-order valence-corrected chi connectivity index (χ1v) is 4.22. The van der Waals surface area contributed by atoms with Crippen molar-refractivity contribution in [1.29, 1.82) is 0 Å².